The molecule has 1 aliphatic rings. The number of fused-ring (bicyclic) bond motifs is 1. The summed E-state index contributed by atoms with van der Waals surface area (Å²) in [7, 11) is 0. The van der Waals surface area contributed by atoms with Crippen molar-refractivity contribution in [1.29, 1.82) is 0 Å². The van der Waals surface area contributed by atoms with Gasteiger partial charge in [-0.25, -0.2) is 0 Å². The number of likely N-dealkylation sites (tertiary alicyclic amines) is 1. The lowest BCUT2D eigenvalue weighted by molar-refractivity contribution is 0.1000. The van der Waals surface area contributed by atoms with Crippen molar-refractivity contribution in [3.05, 3.63) is 47.5 Å². The van der Waals surface area contributed by atoms with Crippen molar-refractivity contribution in [2.24, 2.45) is 5.73 Å². The Morgan fingerprint density at radius 3 is 2.60 bits per heavy atom. The van der Waals surface area contributed by atoms with E-state index in [1.54, 1.807) is 0 Å². The number of rotatable bonds is 3. The molecule has 0 spiro atoms. The largest absolute Gasteiger partial charge is 0.366 e. The van der Waals surface area contributed by atoms with Crippen LogP contribution in [-0.4, -0.2) is 23.9 Å². The molecule has 0 bridgehead atoms. The third-order valence-corrected chi connectivity index (χ3v) is 4.07. The lowest BCUT2D eigenvalue weighted by Gasteiger charge is -2.27. The van der Waals surface area contributed by atoms with Gasteiger partial charge >= 0.3 is 0 Å². The molecule has 0 aromatic heterocycles. The summed E-state index contributed by atoms with van der Waals surface area (Å²) in [5.74, 6) is -0.351. The molecular formula is C17H20N2O. The fraction of sp³-hybridized carbons (Fsp3) is 0.353. The first-order valence-corrected chi connectivity index (χ1v) is 7.28. The van der Waals surface area contributed by atoms with Crippen molar-refractivity contribution in [3.8, 4) is 0 Å². The third kappa shape index (κ3) is 2.68. The molecule has 0 saturated carbocycles. The summed E-state index contributed by atoms with van der Waals surface area (Å²) in [5, 5.41) is 2.32. The minimum Gasteiger partial charge on any atom is -0.366 e. The number of nitrogens with two attached hydrogens (primary N) is 1. The molecular weight excluding hydrogens is 248 g/mol. The molecule has 0 aliphatic carbocycles. The number of hydrogen-bond acceptors (Lipinski definition) is 2. The van der Waals surface area contributed by atoms with E-state index in [1.165, 1.54) is 30.2 Å². The molecule has 3 nitrogen and oxygen atoms in total. The minimum absolute atomic E-state index is 0.351. The molecule has 3 heteroatoms. The highest BCUT2D eigenvalue weighted by Crippen LogP contribution is 2.23. The maximum atomic E-state index is 11.5. The van der Waals surface area contributed by atoms with Gasteiger partial charge in [0.25, 0.3) is 0 Å². The summed E-state index contributed by atoms with van der Waals surface area (Å²) in [6, 6.07) is 12.1. The Kier molecular flexibility index (Phi) is 3.70. The molecule has 2 N–H and O–H groups in total. The van der Waals surface area contributed by atoms with Gasteiger partial charge in [0.2, 0.25) is 5.91 Å². The average molecular weight is 268 g/mol. The number of carbonyl (C=O) groups is 1. The molecule has 0 unspecified atom stereocenters. The molecule has 1 fully saturated rings. The first-order valence-electron chi connectivity index (χ1n) is 7.28. The molecule has 1 amide bonds. The second-order valence-corrected chi connectivity index (χ2v) is 5.56. The maximum absolute atomic E-state index is 11.5. The first-order chi connectivity index (χ1) is 9.74. The highest BCUT2D eigenvalue weighted by atomic mass is 16.1. The fourth-order valence-corrected chi connectivity index (χ4v) is 3.02. The van der Waals surface area contributed by atoms with Crippen LogP contribution in [0.2, 0.25) is 0 Å². The van der Waals surface area contributed by atoms with Crippen molar-refractivity contribution in [3.63, 3.8) is 0 Å². The summed E-state index contributed by atoms with van der Waals surface area (Å²) in [6.45, 7) is 3.20. The quantitative estimate of drug-likeness (QED) is 0.930. The summed E-state index contributed by atoms with van der Waals surface area (Å²) < 4.78 is 0. The minimum atomic E-state index is -0.351. The topological polar surface area (TPSA) is 46.3 Å². The Morgan fingerprint density at radius 2 is 1.85 bits per heavy atom. The smallest absolute Gasteiger partial charge is 0.248 e. The first kappa shape index (κ1) is 13.1. The number of nitrogens with zero attached hydrogens (tertiary/aromatic N) is 1. The molecule has 0 atom stereocenters. The lowest BCUT2D eigenvalue weighted by atomic mass is 9.99. The Labute approximate surface area is 119 Å². The highest BCUT2D eigenvalue weighted by Gasteiger charge is 2.13. The predicted octanol–water partition coefficient (Wildman–Crippen LogP) is 2.92. The predicted molar refractivity (Wildman–Crippen MR) is 81.6 cm³/mol. The van der Waals surface area contributed by atoms with Crippen LogP contribution in [0, 0.1) is 0 Å². The third-order valence-electron chi connectivity index (χ3n) is 4.07. The Morgan fingerprint density at radius 1 is 1.10 bits per heavy atom. The number of benzene rings is 2. The van der Waals surface area contributed by atoms with Gasteiger partial charge < -0.3 is 5.73 Å². The van der Waals surface area contributed by atoms with E-state index in [2.05, 4.69) is 11.0 Å². The van der Waals surface area contributed by atoms with Crippen molar-refractivity contribution < 1.29 is 4.79 Å². The van der Waals surface area contributed by atoms with E-state index >= 15 is 0 Å². The van der Waals surface area contributed by atoms with Gasteiger partial charge in [-0.2, -0.15) is 0 Å². The van der Waals surface area contributed by atoms with Gasteiger partial charge in [0.05, 0.1) is 0 Å². The zero-order valence-corrected chi connectivity index (χ0v) is 11.6. The average Bonchev–Trinajstić information content (AvgIpc) is 2.48. The highest BCUT2D eigenvalue weighted by molar-refractivity contribution is 5.98. The summed E-state index contributed by atoms with van der Waals surface area (Å²) >= 11 is 0. The van der Waals surface area contributed by atoms with Crippen LogP contribution in [0.5, 0.6) is 0 Å². The van der Waals surface area contributed by atoms with Crippen LogP contribution in [0.3, 0.4) is 0 Å². The van der Waals surface area contributed by atoms with Gasteiger partial charge in [-0.05, 0) is 54.4 Å². The van der Waals surface area contributed by atoms with E-state index in [4.69, 9.17) is 5.73 Å². The van der Waals surface area contributed by atoms with E-state index in [1.807, 2.05) is 30.3 Å². The summed E-state index contributed by atoms with van der Waals surface area (Å²) in [4.78, 5) is 14.0. The van der Waals surface area contributed by atoms with Crippen LogP contribution in [0.1, 0.15) is 35.2 Å². The second kappa shape index (κ2) is 5.63. The zero-order chi connectivity index (χ0) is 13.9. The van der Waals surface area contributed by atoms with Crippen LogP contribution in [-0.2, 0) is 6.54 Å². The van der Waals surface area contributed by atoms with E-state index in [-0.39, 0.29) is 5.91 Å². The van der Waals surface area contributed by atoms with Gasteiger partial charge in [-0.3, -0.25) is 9.69 Å². The molecule has 1 heterocycles. The SMILES string of the molecule is NC(=O)c1cc(CN2CCCCC2)c2ccccc2c1. The Balaban J connectivity index is 2.00. The number of carbonyl (C=O) groups excluding carboxylic acids is 1. The van der Waals surface area contributed by atoms with Crippen molar-refractivity contribution in [2.45, 2.75) is 25.8 Å². The molecule has 1 aliphatic heterocycles. The second-order valence-electron chi connectivity index (χ2n) is 5.56. The van der Waals surface area contributed by atoms with E-state index in [0.717, 1.165) is 25.0 Å². The Hall–Kier alpha value is -1.87. The normalized spacial score (nSPS) is 16.4. The lowest BCUT2D eigenvalue weighted by Crippen LogP contribution is -2.29. The van der Waals surface area contributed by atoms with Crippen molar-refractivity contribution in [1.82, 2.24) is 4.90 Å². The molecule has 3 rings (SSSR count). The van der Waals surface area contributed by atoms with Crippen LogP contribution in [0.15, 0.2) is 36.4 Å². The molecule has 2 aromatic rings. The van der Waals surface area contributed by atoms with Gasteiger partial charge in [0.15, 0.2) is 0 Å². The van der Waals surface area contributed by atoms with E-state index in [0.29, 0.717) is 5.56 Å². The maximum Gasteiger partial charge on any atom is 0.248 e. The van der Waals surface area contributed by atoms with Crippen molar-refractivity contribution in [2.75, 3.05) is 13.1 Å². The number of hydrogen-bond donors (Lipinski definition) is 1. The zero-order valence-electron chi connectivity index (χ0n) is 11.6. The fourth-order valence-electron chi connectivity index (χ4n) is 3.02. The molecule has 0 radical (unpaired) electrons. The van der Waals surface area contributed by atoms with Gasteiger partial charge in [0.1, 0.15) is 0 Å². The van der Waals surface area contributed by atoms with Gasteiger partial charge in [-0.1, -0.05) is 30.7 Å². The Bertz CT molecular complexity index is 630. The molecule has 1 saturated heterocycles. The van der Waals surface area contributed by atoms with Crippen LogP contribution >= 0.6 is 0 Å². The summed E-state index contributed by atoms with van der Waals surface area (Å²) in [6.07, 6.45) is 3.87. The summed E-state index contributed by atoms with van der Waals surface area (Å²) in [5.41, 5.74) is 7.27. The van der Waals surface area contributed by atoms with Crippen LogP contribution < -0.4 is 5.73 Å². The van der Waals surface area contributed by atoms with Gasteiger partial charge in [-0.15, -0.1) is 0 Å². The molecule has 20 heavy (non-hydrogen) atoms. The van der Waals surface area contributed by atoms with Crippen molar-refractivity contribution >= 4 is 16.7 Å². The molecule has 104 valence electrons. The standard InChI is InChI=1S/C17H20N2O/c18-17(20)14-10-13-6-2-3-7-16(13)15(11-14)12-19-8-4-1-5-9-19/h2-3,6-7,10-11H,1,4-5,8-9,12H2,(H2,18,20). The molecule has 2 aromatic carbocycles. The van der Waals surface area contributed by atoms with Crippen LogP contribution in [0.4, 0.5) is 0 Å². The van der Waals surface area contributed by atoms with Crippen LogP contribution in [0.25, 0.3) is 10.8 Å². The van der Waals surface area contributed by atoms with E-state index < -0.39 is 0 Å². The van der Waals surface area contributed by atoms with Gasteiger partial charge in [0, 0.05) is 12.1 Å². The number of primary amides is 1. The van der Waals surface area contributed by atoms with E-state index in [9.17, 15) is 4.79 Å². The number of piperidine rings is 1. The number of amides is 1. The monoisotopic (exact) mass is 268 g/mol.